The van der Waals surface area contributed by atoms with Gasteiger partial charge >= 0.3 is 0 Å². The molecule has 0 radical (unpaired) electrons. The third kappa shape index (κ3) is 4.82. The number of carbonyl (C=O) groups excluding carboxylic acids is 1. The predicted molar refractivity (Wildman–Crippen MR) is 164 cm³/mol. The number of ether oxygens (including phenoxy) is 1. The molecule has 4 atom stereocenters. The monoisotopic (exact) mass is 568 g/mol. The Morgan fingerprint density at radius 1 is 0.805 bits per heavy atom. The second kappa shape index (κ2) is 11.7. The average molecular weight is 569 g/mol. The summed E-state index contributed by atoms with van der Waals surface area (Å²) in [6.07, 6.45) is 1.26. The van der Waals surface area contributed by atoms with Crippen LogP contribution in [0.4, 0.5) is 0 Å². The van der Waals surface area contributed by atoms with E-state index in [1.54, 1.807) is 7.11 Å². The van der Waals surface area contributed by atoms with Crippen molar-refractivity contribution in [1.29, 1.82) is 0 Å². The number of aliphatic hydroxyl groups is 1. The second-order valence-electron chi connectivity index (χ2n) is 11.2. The first-order valence-corrected chi connectivity index (χ1v) is 14.1. The molecule has 6 heteroatoms. The molecule has 0 aromatic heterocycles. The van der Waals surface area contributed by atoms with Crippen molar-refractivity contribution in [3.05, 3.63) is 138 Å². The number of rotatable bonds is 6. The number of nitrogens with zero attached hydrogens (tertiary/aromatic N) is 1. The summed E-state index contributed by atoms with van der Waals surface area (Å²) in [5, 5.41) is 12.7. The predicted octanol–water partition coefficient (Wildman–Crippen LogP) is 5.86. The van der Waals surface area contributed by atoms with Gasteiger partial charge in [0.2, 0.25) is 5.91 Å². The summed E-state index contributed by atoms with van der Waals surface area (Å²) < 4.78 is 5.74. The lowest BCUT2D eigenvalue weighted by Gasteiger charge is -2.53. The van der Waals surface area contributed by atoms with Crippen LogP contribution in [0.25, 0.3) is 0 Å². The molecule has 4 aromatic carbocycles. The highest BCUT2D eigenvalue weighted by atomic mass is 35.5. The normalized spacial score (nSPS) is 23.6. The number of likely N-dealkylation sites (tertiary alicyclic amines) is 1. The molecule has 1 aliphatic carbocycles. The van der Waals surface area contributed by atoms with Crippen LogP contribution >= 0.6 is 12.4 Å². The van der Waals surface area contributed by atoms with Crippen LogP contribution in [-0.2, 0) is 15.8 Å². The molecule has 1 saturated carbocycles. The molecule has 3 N–H and O–H groups in total. The molecule has 5 nitrogen and oxygen atoms in total. The molecular formula is C35H37ClN2O3. The maximum Gasteiger partial charge on any atom is 0.244 e. The molecule has 41 heavy (non-hydrogen) atoms. The van der Waals surface area contributed by atoms with Gasteiger partial charge in [-0.25, -0.2) is 0 Å². The fraction of sp³-hybridized carbons (Fsp3) is 0.286. The third-order valence-corrected chi connectivity index (χ3v) is 9.35. The summed E-state index contributed by atoms with van der Waals surface area (Å²) in [5.41, 5.74) is 8.99. The van der Waals surface area contributed by atoms with E-state index < -0.39 is 11.6 Å². The highest BCUT2D eigenvalue weighted by Crippen LogP contribution is 2.60. The lowest BCUT2D eigenvalue weighted by Crippen LogP contribution is -2.53. The first-order chi connectivity index (χ1) is 19.5. The Morgan fingerprint density at radius 2 is 1.32 bits per heavy atom. The van der Waals surface area contributed by atoms with Gasteiger partial charge in [0.05, 0.1) is 12.7 Å². The molecule has 0 bridgehead atoms. The zero-order valence-electron chi connectivity index (χ0n) is 23.2. The molecule has 2 fully saturated rings. The Bertz CT molecular complexity index is 1430. The molecule has 4 aromatic rings. The van der Waals surface area contributed by atoms with Crippen molar-refractivity contribution in [3.8, 4) is 5.75 Å². The van der Waals surface area contributed by atoms with E-state index in [9.17, 15) is 9.90 Å². The van der Waals surface area contributed by atoms with Crippen LogP contribution in [0.5, 0.6) is 5.75 Å². The number of fused-ring (bicyclic) bond motifs is 1. The number of methoxy groups -OCH3 is 1. The molecule has 0 spiro atoms. The summed E-state index contributed by atoms with van der Waals surface area (Å²) in [6.45, 7) is 0.922. The fourth-order valence-electron chi connectivity index (χ4n) is 7.42. The number of benzene rings is 4. The number of halogens is 1. The van der Waals surface area contributed by atoms with Crippen LogP contribution < -0.4 is 10.5 Å². The Hall–Kier alpha value is -3.64. The standard InChI is InChI=1S/C35H36N2O3.ClH/c1-40-31-20-12-11-19-28(31)35(39)22-21-34(26-15-7-3-8-16-26,27-17-9-4-10-18-27)29-23-37(24-30(29)35)33(38)32(36)25-13-5-2-6-14-25;/h2-20,29-30,32,39H,21-24,36H2,1H3;1H/t29-,30+,32-,35+;/m0./s1. The molecule has 1 saturated heterocycles. The second-order valence-corrected chi connectivity index (χ2v) is 11.2. The van der Waals surface area contributed by atoms with Gasteiger partial charge in [-0.15, -0.1) is 12.4 Å². The lowest BCUT2D eigenvalue weighted by atomic mass is 9.52. The summed E-state index contributed by atoms with van der Waals surface area (Å²) in [6, 6.07) is 37.7. The van der Waals surface area contributed by atoms with Gasteiger partial charge in [-0.2, -0.15) is 0 Å². The molecule has 212 valence electrons. The Labute approximate surface area is 248 Å². The van der Waals surface area contributed by atoms with E-state index in [-0.39, 0.29) is 35.6 Å². The van der Waals surface area contributed by atoms with Crippen LogP contribution in [0.2, 0.25) is 0 Å². The van der Waals surface area contributed by atoms with Gasteiger partial charge in [0.15, 0.2) is 0 Å². The van der Waals surface area contributed by atoms with Crippen molar-refractivity contribution in [3.63, 3.8) is 0 Å². The van der Waals surface area contributed by atoms with E-state index in [4.69, 9.17) is 10.5 Å². The first-order valence-electron chi connectivity index (χ1n) is 14.1. The average Bonchev–Trinajstić information content (AvgIpc) is 3.49. The van der Waals surface area contributed by atoms with E-state index in [2.05, 4.69) is 48.5 Å². The molecule has 1 aliphatic heterocycles. The molecule has 1 heterocycles. The minimum Gasteiger partial charge on any atom is -0.496 e. The van der Waals surface area contributed by atoms with Gasteiger partial charge in [-0.05, 0) is 41.5 Å². The van der Waals surface area contributed by atoms with Gasteiger partial charge in [0.1, 0.15) is 11.8 Å². The van der Waals surface area contributed by atoms with E-state index >= 15 is 0 Å². The maximum atomic E-state index is 13.9. The number of nitrogens with two attached hydrogens (primary N) is 1. The highest BCUT2D eigenvalue weighted by Gasteiger charge is 2.61. The highest BCUT2D eigenvalue weighted by molar-refractivity contribution is 5.85. The molecule has 0 unspecified atom stereocenters. The maximum absolute atomic E-state index is 13.9. The van der Waals surface area contributed by atoms with Crippen LogP contribution in [0.15, 0.2) is 115 Å². The van der Waals surface area contributed by atoms with Gasteiger partial charge in [0.25, 0.3) is 0 Å². The smallest absolute Gasteiger partial charge is 0.244 e. The number of para-hydroxylation sites is 1. The van der Waals surface area contributed by atoms with Gasteiger partial charge in [0, 0.05) is 30.0 Å². The number of carbonyl (C=O) groups is 1. The van der Waals surface area contributed by atoms with E-state index in [1.807, 2.05) is 71.6 Å². The van der Waals surface area contributed by atoms with E-state index in [1.165, 1.54) is 11.1 Å². The van der Waals surface area contributed by atoms with E-state index in [0.29, 0.717) is 25.3 Å². The van der Waals surface area contributed by atoms with Crippen molar-refractivity contribution in [2.45, 2.75) is 29.9 Å². The Morgan fingerprint density at radius 3 is 1.90 bits per heavy atom. The first kappa shape index (κ1) is 28.9. The van der Waals surface area contributed by atoms with Crippen molar-refractivity contribution in [2.75, 3.05) is 20.2 Å². The van der Waals surface area contributed by atoms with Crippen molar-refractivity contribution >= 4 is 18.3 Å². The van der Waals surface area contributed by atoms with Gasteiger partial charge in [-0.1, -0.05) is 109 Å². The number of hydrogen-bond acceptors (Lipinski definition) is 4. The van der Waals surface area contributed by atoms with Crippen LogP contribution in [-0.4, -0.2) is 36.1 Å². The zero-order chi connectivity index (χ0) is 27.7. The Balaban J connectivity index is 0.00000337. The molecule has 1 amide bonds. The summed E-state index contributed by atoms with van der Waals surface area (Å²) in [7, 11) is 1.64. The number of amides is 1. The molecule has 6 rings (SSSR count). The minimum absolute atomic E-state index is 0. The third-order valence-electron chi connectivity index (χ3n) is 9.35. The largest absolute Gasteiger partial charge is 0.496 e. The lowest BCUT2D eigenvalue weighted by molar-refractivity contribution is -0.132. The van der Waals surface area contributed by atoms with Crippen LogP contribution in [0, 0.1) is 11.8 Å². The fourth-order valence-corrected chi connectivity index (χ4v) is 7.42. The van der Waals surface area contributed by atoms with Crippen LogP contribution in [0.3, 0.4) is 0 Å². The Kier molecular flexibility index (Phi) is 8.23. The minimum atomic E-state index is -1.17. The molecule has 2 aliphatic rings. The van der Waals surface area contributed by atoms with Gasteiger partial charge < -0.3 is 20.5 Å². The van der Waals surface area contributed by atoms with Gasteiger partial charge in [-0.3, -0.25) is 4.79 Å². The topological polar surface area (TPSA) is 75.8 Å². The SMILES string of the molecule is COc1ccccc1[C@]1(O)CCC(c2ccccc2)(c2ccccc2)[C@H]2CN(C(=O)[C@@H](N)c3ccccc3)C[C@H]21.Cl. The van der Waals surface area contributed by atoms with Crippen molar-refractivity contribution < 1.29 is 14.6 Å². The summed E-state index contributed by atoms with van der Waals surface area (Å²) in [4.78, 5) is 15.8. The zero-order valence-corrected chi connectivity index (χ0v) is 24.0. The molecular weight excluding hydrogens is 532 g/mol. The number of hydrogen-bond donors (Lipinski definition) is 2. The van der Waals surface area contributed by atoms with Crippen molar-refractivity contribution in [1.82, 2.24) is 4.90 Å². The van der Waals surface area contributed by atoms with E-state index in [0.717, 1.165) is 17.5 Å². The summed E-state index contributed by atoms with van der Waals surface area (Å²) in [5.74, 6) is 0.275. The van der Waals surface area contributed by atoms with Crippen LogP contribution in [0.1, 0.15) is 41.1 Å². The quantitative estimate of drug-likeness (QED) is 0.305. The van der Waals surface area contributed by atoms with Crippen molar-refractivity contribution in [2.24, 2.45) is 17.6 Å². The summed E-state index contributed by atoms with van der Waals surface area (Å²) >= 11 is 0.